The van der Waals surface area contributed by atoms with Gasteiger partial charge in [-0.2, -0.15) is 0 Å². The zero-order chi connectivity index (χ0) is 15.2. The van der Waals surface area contributed by atoms with Crippen molar-refractivity contribution in [2.45, 2.75) is 12.8 Å². The monoisotopic (exact) mass is 291 g/mol. The van der Waals surface area contributed by atoms with E-state index in [4.69, 9.17) is 5.11 Å². The maximum atomic E-state index is 12.0. The van der Waals surface area contributed by atoms with Gasteiger partial charge in [-0.1, -0.05) is 0 Å². The fraction of sp³-hybridized carbons (Fsp3) is 0.562. The molecule has 5 nitrogen and oxygen atoms in total. The van der Waals surface area contributed by atoms with Crippen LogP contribution in [-0.2, 0) is 4.79 Å². The molecular weight excluding hydrogens is 266 g/mol. The summed E-state index contributed by atoms with van der Waals surface area (Å²) < 4.78 is 0. The summed E-state index contributed by atoms with van der Waals surface area (Å²) in [6.07, 6.45) is 1.95. The summed E-state index contributed by atoms with van der Waals surface area (Å²) in [6.45, 7) is 2.46. The van der Waals surface area contributed by atoms with Crippen molar-refractivity contribution in [2.24, 2.45) is 5.92 Å². The number of carbonyl (C=O) groups is 1. The van der Waals surface area contributed by atoms with E-state index >= 15 is 0 Å². The smallest absolute Gasteiger partial charge is 0.238 e. The minimum absolute atomic E-state index is 0.0232. The molecule has 0 spiro atoms. The standard InChI is InChI=1S/C16H25N3O2/c1-18(2)15-5-3-14(4-6-15)17-16(21)11-19-9-7-13(12-20)8-10-19/h3-6,13,20H,7-12H2,1-2H3,(H,17,21). The number of piperidine rings is 1. The Kier molecular flexibility index (Phi) is 5.59. The van der Waals surface area contributed by atoms with Crippen LogP contribution in [0.2, 0.25) is 0 Å². The molecule has 1 aliphatic rings. The first-order chi connectivity index (χ1) is 10.1. The molecule has 1 saturated heterocycles. The van der Waals surface area contributed by atoms with Gasteiger partial charge in [-0.15, -0.1) is 0 Å². The Morgan fingerprint density at radius 2 is 1.90 bits per heavy atom. The molecule has 0 saturated carbocycles. The zero-order valence-electron chi connectivity index (χ0n) is 12.9. The SMILES string of the molecule is CN(C)c1ccc(NC(=O)CN2CCC(CO)CC2)cc1. The number of anilines is 2. The van der Waals surface area contributed by atoms with Crippen LogP contribution >= 0.6 is 0 Å². The van der Waals surface area contributed by atoms with Crippen LogP contribution in [-0.4, -0.2) is 56.3 Å². The van der Waals surface area contributed by atoms with Gasteiger partial charge in [0.15, 0.2) is 0 Å². The molecule has 2 rings (SSSR count). The van der Waals surface area contributed by atoms with Crippen molar-refractivity contribution in [1.82, 2.24) is 4.90 Å². The number of carbonyl (C=O) groups excluding carboxylic acids is 1. The maximum Gasteiger partial charge on any atom is 0.238 e. The van der Waals surface area contributed by atoms with E-state index < -0.39 is 0 Å². The lowest BCUT2D eigenvalue weighted by Crippen LogP contribution is -2.39. The predicted molar refractivity (Wildman–Crippen MR) is 85.6 cm³/mol. The predicted octanol–water partition coefficient (Wildman–Crippen LogP) is 1.40. The third kappa shape index (κ3) is 4.72. The maximum absolute atomic E-state index is 12.0. The molecule has 0 atom stereocenters. The van der Waals surface area contributed by atoms with Gasteiger partial charge in [-0.25, -0.2) is 0 Å². The highest BCUT2D eigenvalue weighted by Gasteiger charge is 2.20. The summed E-state index contributed by atoms with van der Waals surface area (Å²) in [5, 5.41) is 12.0. The van der Waals surface area contributed by atoms with Gasteiger partial charge in [0.05, 0.1) is 6.54 Å². The van der Waals surface area contributed by atoms with Crippen LogP contribution in [0.15, 0.2) is 24.3 Å². The second kappa shape index (κ2) is 7.43. The Hall–Kier alpha value is -1.59. The number of likely N-dealkylation sites (tertiary alicyclic amines) is 1. The molecule has 2 N–H and O–H groups in total. The lowest BCUT2D eigenvalue weighted by atomic mass is 9.98. The van der Waals surface area contributed by atoms with E-state index in [0.29, 0.717) is 12.5 Å². The van der Waals surface area contributed by atoms with Gasteiger partial charge in [0.25, 0.3) is 0 Å². The topological polar surface area (TPSA) is 55.8 Å². The third-order valence-electron chi connectivity index (χ3n) is 4.00. The van der Waals surface area contributed by atoms with Gasteiger partial charge < -0.3 is 15.3 Å². The van der Waals surface area contributed by atoms with Gasteiger partial charge in [0, 0.05) is 32.1 Å². The number of aliphatic hydroxyl groups excluding tert-OH is 1. The van der Waals surface area contributed by atoms with E-state index in [-0.39, 0.29) is 12.5 Å². The van der Waals surface area contributed by atoms with Crippen molar-refractivity contribution >= 4 is 17.3 Å². The summed E-state index contributed by atoms with van der Waals surface area (Å²) in [5.41, 5.74) is 1.94. The van der Waals surface area contributed by atoms with E-state index in [9.17, 15) is 4.79 Å². The molecule has 116 valence electrons. The molecule has 1 fully saturated rings. The van der Waals surface area contributed by atoms with E-state index in [1.807, 2.05) is 43.3 Å². The highest BCUT2D eigenvalue weighted by molar-refractivity contribution is 5.92. The first-order valence-electron chi connectivity index (χ1n) is 7.49. The summed E-state index contributed by atoms with van der Waals surface area (Å²) in [7, 11) is 3.98. The van der Waals surface area contributed by atoms with E-state index in [0.717, 1.165) is 37.3 Å². The van der Waals surface area contributed by atoms with Crippen molar-refractivity contribution in [3.8, 4) is 0 Å². The summed E-state index contributed by atoms with van der Waals surface area (Å²) in [5.74, 6) is 0.429. The van der Waals surface area contributed by atoms with Crippen LogP contribution in [0.1, 0.15) is 12.8 Å². The molecule has 1 amide bonds. The van der Waals surface area contributed by atoms with Crippen LogP contribution < -0.4 is 10.2 Å². The van der Waals surface area contributed by atoms with Crippen LogP contribution in [0.5, 0.6) is 0 Å². The molecule has 5 heteroatoms. The second-order valence-corrected chi connectivity index (χ2v) is 5.89. The summed E-state index contributed by atoms with van der Waals surface area (Å²) >= 11 is 0. The Balaban J connectivity index is 1.79. The molecule has 1 aliphatic heterocycles. The summed E-state index contributed by atoms with van der Waals surface area (Å²) in [4.78, 5) is 16.2. The van der Waals surface area contributed by atoms with Gasteiger partial charge >= 0.3 is 0 Å². The van der Waals surface area contributed by atoms with Crippen molar-refractivity contribution in [3.63, 3.8) is 0 Å². The Labute approximate surface area is 126 Å². The lowest BCUT2D eigenvalue weighted by Gasteiger charge is -2.30. The second-order valence-electron chi connectivity index (χ2n) is 5.89. The minimum atomic E-state index is 0.0232. The Bertz CT molecular complexity index is 451. The van der Waals surface area contributed by atoms with Crippen molar-refractivity contribution < 1.29 is 9.90 Å². The highest BCUT2D eigenvalue weighted by atomic mass is 16.3. The number of hydrogen-bond acceptors (Lipinski definition) is 4. The largest absolute Gasteiger partial charge is 0.396 e. The zero-order valence-corrected chi connectivity index (χ0v) is 12.9. The first kappa shape index (κ1) is 15.8. The Morgan fingerprint density at radius 3 is 2.43 bits per heavy atom. The molecule has 1 heterocycles. The first-order valence-corrected chi connectivity index (χ1v) is 7.49. The Morgan fingerprint density at radius 1 is 1.29 bits per heavy atom. The molecule has 0 bridgehead atoms. The van der Waals surface area contributed by atoms with E-state index in [1.54, 1.807) is 0 Å². The fourth-order valence-electron chi connectivity index (χ4n) is 2.57. The fourth-order valence-corrected chi connectivity index (χ4v) is 2.57. The average molecular weight is 291 g/mol. The number of amides is 1. The third-order valence-corrected chi connectivity index (χ3v) is 4.00. The number of hydrogen-bond donors (Lipinski definition) is 2. The molecule has 0 aliphatic carbocycles. The molecule has 0 radical (unpaired) electrons. The van der Waals surface area contributed by atoms with Crippen molar-refractivity contribution in [3.05, 3.63) is 24.3 Å². The van der Waals surface area contributed by atoms with Crippen molar-refractivity contribution in [2.75, 3.05) is 50.6 Å². The number of nitrogens with zero attached hydrogens (tertiary/aromatic N) is 2. The molecule has 0 aromatic heterocycles. The van der Waals surface area contributed by atoms with Gasteiger partial charge in [0.2, 0.25) is 5.91 Å². The number of rotatable bonds is 5. The van der Waals surface area contributed by atoms with E-state index in [2.05, 4.69) is 10.2 Å². The van der Waals surface area contributed by atoms with Gasteiger partial charge in [0.1, 0.15) is 0 Å². The molecule has 1 aromatic carbocycles. The van der Waals surface area contributed by atoms with Crippen molar-refractivity contribution in [1.29, 1.82) is 0 Å². The lowest BCUT2D eigenvalue weighted by molar-refractivity contribution is -0.117. The normalized spacial score (nSPS) is 16.7. The number of aliphatic hydroxyl groups is 1. The average Bonchev–Trinajstić information content (AvgIpc) is 2.48. The minimum Gasteiger partial charge on any atom is -0.396 e. The van der Waals surface area contributed by atoms with Crippen LogP contribution in [0.3, 0.4) is 0 Å². The van der Waals surface area contributed by atoms with Crippen LogP contribution in [0.4, 0.5) is 11.4 Å². The van der Waals surface area contributed by atoms with E-state index in [1.165, 1.54) is 0 Å². The van der Waals surface area contributed by atoms with Crippen LogP contribution in [0.25, 0.3) is 0 Å². The number of nitrogens with one attached hydrogen (secondary N) is 1. The molecule has 1 aromatic rings. The number of benzene rings is 1. The van der Waals surface area contributed by atoms with Gasteiger partial charge in [-0.3, -0.25) is 9.69 Å². The quantitative estimate of drug-likeness (QED) is 0.861. The van der Waals surface area contributed by atoms with Crippen LogP contribution in [0, 0.1) is 5.92 Å². The molecule has 21 heavy (non-hydrogen) atoms. The highest BCUT2D eigenvalue weighted by Crippen LogP contribution is 2.17. The molecule has 0 unspecified atom stereocenters. The summed E-state index contributed by atoms with van der Waals surface area (Å²) in [6, 6.07) is 7.82. The molecular formula is C16H25N3O2. The van der Waals surface area contributed by atoms with Gasteiger partial charge in [-0.05, 0) is 56.1 Å².